The van der Waals surface area contributed by atoms with Crippen LogP contribution in [0, 0.1) is 0 Å². The van der Waals surface area contributed by atoms with Crippen molar-refractivity contribution in [3.8, 4) is 11.5 Å². The van der Waals surface area contributed by atoms with Gasteiger partial charge in [0.1, 0.15) is 0 Å². The molecule has 2 amide bonds. The van der Waals surface area contributed by atoms with E-state index < -0.39 is 0 Å². The van der Waals surface area contributed by atoms with Gasteiger partial charge in [0, 0.05) is 37.9 Å². The van der Waals surface area contributed by atoms with E-state index in [1.165, 1.54) is 0 Å². The number of carbonyl (C=O) groups is 2. The summed E-state index contributed by atoms with van der Waals surface area (Å²) in [6, 6.07) is 5.24. The molecule has 0 unspecified atom stereocenters. The number of nitrogens with one attached hydrogen (secondary N) is 1. The molecule has 120 valence electrons. The number of hydrogen-bond donors (Lipinski definition) is 1. The third kappa shape index (κ3) is 4.11. The predicted octanol–water partition coefficient (Wildman–Crippen LogP) is 0.416. The van der Waals surface area contributed by atoms with Crippen molar-refractivity contribution in [2.45, 2.75) is 0 Å². The van der Waals surface area contributed by atoms with Gasteiger partial charge in [-0.25, -0.2) is 0 Å². The van der Waals surface area contributed by atoms with Crippen molar-refractivity contribution in [1.29, 1.82) is 0 Å². The van der Waals surface area contributed by atoms with Crippen LogP contribution in [0.3, 0.4) is 0 Å². The summed E-state index contributed by atoms with van der Waals surface area (Å²) in [5, 5.41) is 2.84. The monoisotopic (exact) mass is 307 g/mol. The maximum atomic E-state index is 12.1. The number of rotatable bonds is 6. The number of hydrogen-bond acceptors (Lipinski definition) is 5. The predicted molar refractivity (Wildman–Crippen MR) is 82.3 cm³/mol. The minimum Gasteiger partial charge on any atom is -0.493 e. The Morgan fingerprint density at radius 3 is 2.45 bits per heavy atom. The summed E-state index contributed by atoms with van der Waals surface area (Å²) in [6.45, 7) is 3.04. The highest BCUT2D eigenvalue weighted by Gasteiger charge is 2.18. The van der Waals surface area contributed by atoms with E-state index in [4.69, 9.17) is 9.47 Å². The minimum atomic E-state index is -0.0910. The van der Waals surface area contributed by atoms with Gasteiger partial charge in [-0.15, -0.1) is 0 Å². The molecular formula is C15H21N3O4. The summed E-state index contributed by atoms with van der Waals surface area (Å²) < 4.78 is 10.4. The van der Waals surface area contributed by atoms with E-state index >= 15 is 0 Å². The smallest absolute Gasteiger partial charge is 0.238 e. The van der Waals surface area contributed by atoms with Crippen LogP contribution in [0.4, 0.5) is 5.69 Å². The Labute approximate surface area is 129 Å². The van der Waals surface area contributed by atoms with Gasteiger partial charge < -0.3 is 19.7 Å². The van der Waals surface area contributed by atoms with Gasteiger partial charge in [0.05, 0.1) is 20.8 Å². The third-order valence-corrected chi connectivity index (χ3v) is 3.59. The Balaban J connectivity index is 1.88. The molecule has 1 aliphatic rings. The Morgan fingerprint density at radius 2 is 1.86 bits per heavy atom. The van der Waals surface area contributed by atoms with E-state index in [0.717, 1.165) is 6.41 Å². The summed E-state index contributed by atoms with van der Waals surface area (Å²) in [6.07, 6.45) is 0.848. The zero-order chi connectivity index (χ0) is 15.9. The number of carbonyl (C=O) groups excluding carboxylic acids is 2. The van der Waals surface area contributed by atoms with Crippen molar-refractivity contribution in [3.05, 3.63) is 18.2 Å². The van der Waals surface area contributed by atoms with Gasteiger partial charge in [-0.3, -0.25) is 14.5 Å². The molecule has 1 heterocycles. The molecule has 7 heteroatoms. The van der Waals surface area contributed by atoms with Crippen LogP contribution in [-0.4, -0.2) is 69.1 Å². The summed E-state index contributed by atoms with van der Waals surface area (Å²) in [5.41, 5.74) is 0.661. The highest BCUT2D eigenvalue weighted by atomic mass is 16.5. The van der Waals surface area contributed by atoms with Crippen molar-refractivity contribution in [3.63, 3.8) is 0 Å². The second-order valence-electron chi connectivity index (χ2n) is 5.04. The number of benzene rings is 1. The molecule has 0 bridgehead atoms. The van der Waals surface area contributed by atoms with Gasteiger partial charge in [0.25, 0.3) is 0 Å². The van der Waals surface area contributed by atoms with Crippen molar-refractivity contribution in [2.75, 3.05) is 52.3 Å². The summed E-state index contributed by atoms with van der Waals surface area (Å²) in [7, 11) is 3.12. The third-order valence-electron chi connectivity index (χ3n) is 3.59. The first kappa shape index (κ1) is 16.1. The Bertz CT molecular complexity index is 528. The first-order chi connectivity index (χ1) is 10.7. The zero-order valence-corrected chi connectivity index (χ0v) is 12.9. The van der Waals surface area contributed by atoms with Gasteiger partial charge in [-0.2, -0.15) is 0 Å². The van der Waals surface area contributed by atoms with Crippen LogP contribution in [0.5, 0.6) is 11.5 Å². The molecule has 1 aliphatic heterocycles. The Kier molecular flexibility index (Phi) is 5.60. The SMILES string of the molecule is COc1ccc(NC(=O)CN2CCN(C=O)CC2)cc1OC. The van der Waals surface area contributed by atoms with Crippen molar-refractivity contribution in [1.82, 2.24) is 9.80 Å². The first-order valence-corrected chi connectivity index (χ1v) is 7.10. The van der Waals surface area contributed by atoms with Crippen LogP contribution in [0.15, 0.2) is 18.2 Å². The molecular weight excluding hydrogens is 286 g/mol. The fourth-order valence-electron chi connectivity index (χ4n) is 2.34. The summed E-state index contributed by atoms with van der Waals surface area (Å²) >= 11 is 0. The van der Waals surface area contributed by atoms with Crippen molar-refractivity contribution < 1.29 is 19.1 Å². The summed E-state index contributed by atoms with van der Waals surface area (Å²) in [5.74, 6) is 1.09. The molecule has 1 saturated heterocycles. The molecule has 1 N–H and O–H groups in total. The highest BCUT2D eigenvalue weighted by molar-refractivity contribution is 5.92. The first-order valence-electron chi connectivity index (χ1n) is 7.10. The van der Waals surface area contributed by atoms with Crippen LogP contribution in [-0.2, 0) is 9.59 Å². The van der Waals surface area contributed by atoms with Gasteiger partial charge in [0.15, 0.2) is 11.5 Å². The maximum Gasteiger partial charge on any atom is 0.238 e. The Morgan fingerprint density at radius 1 is 1.18 bits per heavy atom. The molecule has 22 heavy (non-hydrogen) atoms. The van der Waals surface area contributed by atoms with Gasteiger partial charge in [-0.05, 0) is 12.1 Å². The molecule has 1 fully saturated rings. The fraction of sp³-hybridized carbons (Fsp3) is 0.467. The minimum absolute atomic E-state index is 0.0910. The normalized spacial score (nSPS) is 15.3. The molecule has 1 aromatic carbocycles. The molecule has 0 atom stereocenters. The van der Waals surface area contributed by atoms with E-state index in [0.29, 0.717) is 49.9 Å². The van der Waals surface area contributed by atoms with E-state index in [1.807, 2.05) is 4.90 Å². The number of piperazine rings is 1. The molecule has 1 aromatic rings. The second-order valence-corrected chi connectivity index (χ2v) is 5.04. The van der Waals surface area contributed by atoms with E-state index in [9.17, 15) is 9.59 Å². The van der Waals surface area contributed by atoms with E-state index in [-0.39, 0.29) is 5.91 Å². The number of anilines is 1. The van der Waals surface area contributed by atoms with E-state index in [2.05, 4.69) is 5.32 Å². The average Bonchev–Trinajstić information content (AvgIpc) is 2.55. The lowest BCUT2D eigenvalue weighted by Crippen LogP contribution is -2.48. The molecule has 0 aliphatic carbocycles. The molecule has 2 rings (SSSR count). The molecule has 0 radical (unpaired) electrons. The van der Waals surface area contributed by atoms with Gasteiger partial charge in [0.2, 0.25) is 12.3 Å². The Hall–Kier alpha value is -2.28. The number of nitrogens with zero attached hydrogens (tertiary/aromatic N) is 2. The fourth-order valence-corrected chi connectivity index (χ4v) is 2.34. The lowest BCUT2D eigenvalue weighted by molar-refractivity contribution is -0.120. The summed E-state index contributed by atoms with van der Waals surface area (Å²) in [4.78, 5) is 26.5. The van der Waals surface area contributed by atoms with Crippen LogP contribution >= 0.6 is 0 Å². The molecule has 0 aromatic heterocycles. The topological polar surface area (TPSA) is 71.1 Å². The van der Waals surface area contributed by atoms with Crippen molar-refractivity contribution in [2.24, 2.45) is 0 Å². The average molecular weight is 307 g/mol. The van der Waals surface area contributed by atoms with Gasteiger partial charge in [-0.1, -0.05) is 0 Å². The number of amides is 2. The van der Waals surface area contributed by atoms with Crippen LogP contribution in [0.1, 0.15) is 0 Å². The lowest BCUT2D eigenvalue weighted by atomic mass is 10.2. The second kappa shape index (κ2) is 7.65. The van der Waals surface area contributed by atoms with Gasteiger partial charge >= 0.3 is 0 Å². The zero-order valence-electron chi connectivity index (χ0n) is 12.9. The molecule has 7 nitrogen and oxygen atoms in total. The maximum absolute atomic E-state index is 12.1. The number of methoxy groups -OCH3 is 2. The lowest BCUT2D eigenvalue weighted by Gasteiger charge is -2.31. The van der Waals surface area contributed by atoms with Crippen LogP contribution < -0.4 is 14.8 Å². The molecule has 0 spiro atoms. The molecule has 0 saturated carbocycles. The van der Waals surface area contributed by atoms with E-state index in [1.54, 1.807) is 37.3 Å². The standard InChI is InChI=1S/C15H21N3O4/c1-21-13-4-3-12(9-14(13)22-2)16-15(20)10-17-5-7-18(11-19)8-6-17/h3-4,9,11H,5-8,10H2,1-2H3,(H,16,20). The number of ether oxygens (including phenoxy) is 2. The largest absolute Gasteiger partial charge is 0.493 e. The quantitative estimate of drug-likeness (QED) is 0.771. The van der Waals surface area contributed by atoms with Crippen molar-refractivity contribution >= 4 is 18.0 Å². The highest BCUT2D eigenvalue weighted by Crippen LogP contribution is 2.29. The van der Waals surface area contributed by atoms with Crippen LogP contribution in [0.2, 0.25) is 0 Å². The van der Waals surface area contributed by atoms with Crippen LogP contribution in [0.25, 0.3) is 0 Å².